The van der Waals surface area contributed by atoms with Crippen LogP contribution in [0.3, 0.4) is 0 Å². The summed E-state index contributed by atoms with van der Waals surface area (Å²) < 4.78 is 0. The van der Waals surface area contributed by atoms with Gasteiger partial charge < -0.3 is 10.6 Å². The van der Waals surface area contributed by atoms with Crippen LogP contribution in [0.4, 0.5) is 0 Å². The summed E-state index contributed by atoms with van der Waals surface area (Å²) in [5.74, 6) is 5.77. The monoisotopic (exact) mass is 271 g/mol. The Balaban J connectivity index is 2.19. The molecule has 1 aromatic rings. The summed E-state index contributed by atoms with van der Waals surface area (Å²) in [6.07, 6.45) is 7.68. The number of pyridine rings is 1. The number of rotatable bonds is 2. The molecular weight excluding hydrogens is 250 g/mol. The summed E-state index contributed by atoms with van der Waals surface area (Å²) in [5, 5.41) is 0. The van der Waals surface area contributed by atoms with Crippen LogP contribution in [-0.2, 0) is 0 Å². The number of aromatic nitrogens is 1. The molecule has 1 aliphatic rings. The van der Waals surface area contributed by atoms with Crippen molar-refractivity contribution < 1.29 is 4.79 Å². The summed E-state index contributed by atoms with van der Waals surface area (Å²) in [5.41, 5.74) is 6.72. The van der Waals surface area contributed by atoms with Crippen molar-refractivity contribution in [2.75, 3.05) is 13.1 Å². The van der Waals surface area contributed by atoms with Crippen molar-refractivity contribution in [1.29, 1.82) is 0 Å². The van der Waals surface area contributed by atoms with Crippen molar-refractivity contribution in [3.05, 3.63) is 29.6 Å². The maximum Gasteiger partial charge on any atom is 0.255 e. The maximum absolute atomic E-state index is 12.6. The Morgan fingerprint density at radius 2 is 2.35 bits per heavy atom. The Morgan fingerprint density at radius 1 is 1.50 bits per heavy atom. The Labute approximate surface area is 120 Å². The predicted molar refractivity (Wildman–Crippen MR) is 79.1 cm³/mol. The van der Waals surface area contributed by atoms with E-state index in [1.165, 1.54) is 6.42 Å². The van der Waals surface area contributed by atoms with Crippen LogP contribution in [0, 0.1) is 11.8 Å². The van der Waals surface area contributed by atoms with E-state index in [1.54, 1.807) is 18.5 Å². The summed E-state index contributed by atoms with van der Waals surface area (Å²) in [6.45, 7) is 3.29. The average Bonchev–Trinajstić information content (AvgIpc) is 2.52. The standard InChI is InChI=1S/C16H21N3O/c1-2-15-7-3-4-9-19(15)16(20)14-10-13(6-5-8-17)11-18-12-14/h10-12,15H,2-4,7-9,17H2,1H3. The lowest BCUT2D eigenvalue weighted by molar-refractivity contribution is 0.0607. The molecule has 4 heteroatoms. The SMILES string of the molecule is CCC1CCCCN1C(=O)c1cncc(C#CCN)c1. The molecule has 2 N–H and O–H groups in total. The number of carbonyl (C=O) groups excluding carboxylic acids is 1. The lowest BCUT2D eigenvalue weighted by Gasteiger charge is -2.35. The third-order valence-electron chi connectivity index (χ3n) is 3.68. The third-order valence-corrected chi connectivity index (χ3v) is 3.68. The van der Waals surface area contributed by atoms with Gasteiger partial charge in [-0.15, -0.1) is 0 Å². The number of nitrogens with two attached hydrogens (primary N) is 1. The fourth-order valence-electron chi connectivity index (χ4n) is 2.64. The number of hydrogen-bond acceptors (Lipinski definition) is 3. The van der Waals surface area contributed by atoms with Gasteiger partial charge in [-0.1, -0.05) is 18.8 Å². The zero-order valence-corrected chi connectivity index (χ0v) is 11.9. The highest BCUT2D eigenvalue weighted by atomic mass is 16.2. The minimum absolute atomic E-state index is 0.0699. The van der Waals surface area contributed by atoms with Crippen LogP contribution in [0.5, 0.6) is 0 Å². The van der Waals surface area contributed by atoms with E-state index in [2.05, 4.69) is 23.7 Å². The molecular formula is C16H21N3O. The lowest BCUT2D eigenvalue weighted by Crippen LogP contribution is -2.43. The van der Waals surface area contributed by atoms with Gasteiger partial charge in [0.25, 0.3) is 5.91 Å². The second-order valence-corrected chi connectivity index (χ2v) is 5.02. The Kier molecular flexibility index (Phi) is 5.14. The predicted octanol–water partition coefficient (Wildman–Crippen LogP) is 1.80. The van der Waals surface area contributed by atoms with Gasteiger partial charge >= 0.3 is 0 Å². The van der Waals surface area contributed by atoms with Gasteiger partial charge in [0.1, 0.15) is 0 Å². The first-order valence-corrected chi connectivity index (χ1v) is 7.21. The molecule has 0 spiro atoms. The lowest BCUT2D eigenvalue weighted by atomic mass is 9.99. The molecule has 1 aliphatic heterocycles. The second-order valence-electron chi connectivity index (χ2n) is 5.02. The Bertz CT molecular complexity index is 530. The van der Waals surface area contributed by atoms with E-state index in [1.807, 2.05) is 4.90 Å². The van der Waals surface area contributed by atoms with Gasteiger partial charge in [-0.3, -0.25) is 9.78 Å². The summed E-state index contributed by atoms with van der Waals surface area (Å²) in [4.78, 5) is 18.7. The van der Waals surface area contributed by atoms with E-state index in [0.717, 1.165) is 31.4 Å². The normalized spacial score (nSPS) is 18.3. The molecule has 1 saturated heterocycles. The van der Waals surface area contributed by atoms with Gasteiger partial charge in [-0.05, 0) is 31.7 Å². The molecule has 1 fully saturated rings. The highest BCUT2D eigenvalue weighted by Gasteiger charge is 2.26. The summed E-state index contributed by atoms with van der Waals surface area (Å²) in [6, 6.07) is 2.16. The van der Waals surface area contributed by atoms with E-state index >= 15 is 0 Å². The van der Waals surface area contributed by atoms with Gasteiger partial charge in [0, 0.05) is 30.5 Å². The average molecular weight is 271 g/mol. The number of nitrogens with zero attached hydrogens (tertiary/aromatic N) is 2. The summed E-state index contributed by atoms with van der Waals surface area (Å²) in [7, 11) is 0. The van der Waals surface area contributed by atoms with E-state index in [9.17, 15) is 4.79 Å². The molecule has 0 saturated carbocycles. The minimum Gasteiger partial charge on any atom is -0.336 e. The van der Waals surface area contributed by atoms with Gasteiger partial charge in [-0.25, -0.2) is 0 Å². The van der Waals surface area contributed by atoms with Crippen molar-refractivity contribution >= 4 is 5.91 Å². The van der Waals surface area contributed by atoms with Crippen LogP contribution >= 0.6 is 0 Å². The first-order valence-electron chi connectivity index (χ1n) is 7.21. The number of carbonyl (C=O) groups is 1. The van der Waals surface area contributed by atoms with E-state index < -0.39 is 0 Å². The quantitative estimate of drug-likeness (QED) is 0.834. The molecule has 1 amide bonds. The molecule has 20 heavy (non-hydrogen) atoms. The zero-order valence-electron chi connectivity index (χ0n) is 11.9. The highest BCUT2D eigenvalue weighted by Crippen LogP contribution is 2.21. The topological polar surface area (TPSA) is 59.2 Å². The molecule has 0 aliphatic carbocycles. The Hall–Kier alpha value is -1.86. The van der Waals surface area contributed by atoms with Crippen LogP contribution in [0.2, 0.25) is 0 Å². The third kappa shape index (κ3) is 3.37. The molecule has 4 nitrogen and oxygen atoms in total. The number of likely N-dealkylation sites (tertiary alicyclic amines) is 1. The first-order chi connectivity index (χ1) is 9.76. The fourth-order valence-corrected chi connectivity index (χ4v) is 2.64. The van der Waals surface area contributed by atoms with Crippen LogP contribution in [0.25, 0.3) is 0 Å². The van der Waals surface area contributed by atoms with Gasteiger partial charge in [-0.2, -0.15) is 0 Å². The number of piperidine rings is 1. The number of amides is 1. The Morgan fingerprint density at radius 3 is 3.10 bits per heavy atom. The molecule has 2 rings (SSSR count). The molecule has 2 heterocycles. The van der Waals surface area contributed by atoms with E-state index in [4.69, 9.17) is 5.73 Å². The van der Waals surface area contributed by atoms with Crippen LogP contribution in [0.15, 0.2) is 18.5 Å². The largest absolute Gasteiger partial charge is 0.336 e. The highest BCUT2D eigenvalue weighted by molar-refractivity contribution is 5.94. The maximum atomic E-state index is 12.6. The molecule has 0 bridgehead atoms. The summed E-state index contributed by atoms with van der Waals surface area (Å²) >= 11 is 0. The van der Waals surface area contributed by atoms with Gasteiger partial charge in [0.05, 0.1) is 12.1 Å². The second kappa shape index (κ2) is 7.06. The molecule has 0 aromatic carbocycles. The molecule has 1 atom stereocenters. The molecule has 0 radical (unpaired) electrons. The fraction of sp³-hybridized carbons (Fsp3) is 0.500. The minimum atomic E-state index is 0.0699. The number of hydrogen-bond donors (Lipinski definition) is 1. The van der Waals surface area contributed by atoms with Crippen molar-refractivity contribution in [2.24, 2.45) is 5.73 Å². The van der Waals surface area contributed by atoms with Crippen LogP contribution in [0.1, 0.15) is 48.5 Å². The van der Waals surface area contributed by atoms with Crippen LogP contribution in [-0.4, -0.2) is 34.9 Å². The van der Waals surface area contributed by atoms with Crippen molar-refractivity contribution in [3.8, 4) is 11.8 Å². The van der Waals surface area contributed by atoms with Crippen molar-refractivity contribution in [1.82, 2.24) is 9.88 Å². The van der Waals surface area contributed by atoms with Crippen LogP contribution < -0.4 is 5.73 Å². The zero-order chi connectivity index (χ0) is 14.4. The first kappa shape index (κ1) is 14.5. The van der Waals surface area contributed by atoms with E-state index in [0.29, 0.717) is 18.2 Å². The van der Waals surface area contributed by atoms with Gasteiger partial charge in [0.2, 0.25) is 0 Å². The molecule has 106 valence electrons. The van der Waals surface area contributed by atoms with Gasteiger partial charge in [0.15, 0.2) is 0 Å². The van der Waals surface area contributed by atoms with Crippen molar-refractivity contribution in [2.45, 2.75) is 38.6 Å². The molecule has 1 aromatic heterocycles. The molecule has 1 unspecified atom stereocenters. The van der Waals surface area contributed by atoms with Crippen molar-refractivity contribution in [3.63, 3.8) is 0 Å². The van der Waals surface area contributed by atoms with E-state index in [-0.39, 0.29) is 5.91 Å². The smallest absolute Gasteiger partial charge is 0.255 e.